The number of carbonyl (C=O) groups excluding carboxylic acids is 2. The van der Waals surface area contributed by atoms with Gasteiger partial charge in [-0.15, -0.1) is 0 Å². The van der Waals surface area contributed by atoms with Crippen LogP contribution >= 0.6 is 0 Å². The van der Waals surface area contributed by atoms with E-state index in [2.05, 4.69) is 6.92 Å². The third-order valence-electron chi connectivity index (χ3n) is 7.25. The van der Waals surface area contributed by atoms with Crippen LogP contribution in [0.4, 0.5) is 0 Å². The summed E-state index contributed by atoms with van der Waals surface area (Å²) < 4.78 is 22.4. The van der Waals surface area contributed by atoms with E-state index in [0.29, 0.717) is 23.7 Å². The quantitative estimate of drug-likeness (QED) is 0.0689. The molecule has 4 aromatic carbocycles. The van der Waals surface area contributed by atoms with Crippen LogP contribution in [0.3, 0.4) is 0 Å². The molecule has 0 radical (unpaired) electrons. The summed E-state index contributed by atoms with van der Waals surface area (Å²) in [7, 11) is 0. The molecule has 0 unspecified atom stereocenters. The Morgan fingerprint density at radius 3 is 1.80 bits per heavy atom. The Labute approximate surface area is 260 Å². The molecule has 0 spiro atoms. The molecule has 44 heavy (non-hydrogen) atoms. The van der Waals surface area contributed by atoms with Crippen LogP contribution < -0.4 is 14.2 Å². The molecule has 0 aliphatic rings. The second-order valence-electron chi connectivity index (χ2n) is 10.8. The van der Waals surface area contributed by atoms with E-state index in [1.54, 1.807) is 43.3 Å². The van der Waals surface area contributed by atoms with E-state index in [4.69, 9.17) is 18.9 Å². The van der Waals surface area contributed by atoms with Crippen molar-refractivity contribution in [2.45, 2.75) is 71.5 Å². The topological polar surface area (TPSA) is 71.1 Å². The molecule has 4 aromatic rings. The zero-order chi connectivity index (χ0) is 31.0. The molecule has 0 heterocycles. The van der Waals surface area contributed by atoms with E-state index in [-0.39, 0.29) is 0 Å². The Hall–Kier alpha value is -4.42. The Balaban J connectivity index is 1.19. The van der Waals surface area contributed by atoms with Crippen molar-refractivity contribution >= 4 is 11.9 Å². The predicted molar refractivity (Wildman–Crippen MR) is 173 cm³/mol. The molecule has 230 valence electrons. The molecule has 0 saturated heterocycles. The van der Waals surface area contributed by atoms with E-state index in [1.807, 2.05) is 66.7 Å². The Kier molecular flexibility index (Phi) is 13.0. The lowest BCUT2D eigenvalue weighted by molar-refractivity contribution is -0.147. The molecular formula is C38H42O6. The van der Waals surface area contributed by atoms with Gasteiger partial charge in [-0.05, 0) is 78.6 Å². The molecule has 0 aliphatic heterocycles. The third-order valence-corrected chi connectivity index (χ3v) is 7.25. The maximum Gasteiger partial charge on any atom is 0.343 e. The van der Waals surface area contributed by atoms with Gasteiger partial charge in [0.25, 0.3) is 0 Å². The van der Waals surface area contributed by atoms with E-state index in [0.717, 1.165) is 35.5 Å². The molecule has 6 heteroatoms. The molecule has 0 bridgehead atoms. The van der Waals surface area contributed by atoms with Gasteiger partial charge in [0.15, 0.2) is 6.10 Å². The smallest absolute Gasteiger partial charge is 0.343 e. The SMILES string of the molecule is CCCCCCCCCOc1ccc(-c2ccc(C(=O)Oc3ccc(OC(=O)[C@H](C)OCc4ccccc4)cc3)cc2)cc1. The van der Waals surface area contributed by atoms with Crippen molar-refractivity contribution in [3.63, 3.8) is 0 Å². The number of esters is 2. The van der Waals surface area contributed by atoms with Crippen molar-refractivity contribution in [1.29, 1.82) is 0 Å². The lowest BCUT2D eigenvalue weighted by atomic mass is 10.0. The van der Waals surface area contributed by atoms with Gasteiger partial charge in [-0.25, -0.2) is 9.59 Å². The number of carbonyl (C=O) groups is 2. The minimum Gasteiger partial charge on any atom is -0.494 e. The predicted octanol–water partition coefficient (Wildman–Crippen LogP) is 9.21. The lowest BCUT2D eigenvalue weighted by Crippen LogP contribution is -2.25. The Bertz CT molecular complexity index is 1410. The van der Waals surface area contributed by atoms with Gasteiger partial charge in [-0.1, -0.05) is 100 Å². The first kappa shape index (κ1) is 32.5. The molecule has 6 nitrogen and oxygen atoms in total. The maximum atomic E-state index is 12.7. The summed E-state index contributed by atoms with van der Waals surface area (Å²) in [6.07, 6.45) is 8.09. The van der Waals surface area contributed by atoms with Crippen LogP contribution in [0.25, 0.3) is 11.1 Å². The summed E-state index contributed by atoms with van der Waals surface area (Å²) in [5.74, 6) is 0.573. The van der Waals surface area contributed by atoms with Crippen LogP contribution in [0.1, 0.15) is 74.7 Å². The van der Waals surface area contributed by atoms with Crippen molar-refractivity contribution in [2.75, 3.05) is 6.61 Å². The summed E-state index contributed by atoms with van der Waals surface area (Å²) in [4.78, 5) is 25.1. The average Bonchev–Trinajstić information content (AvgIpc) is 3.06. The Morgan fingerprint density at radius 1 is 0.614 bits per heavy atom. The van der Waals surface area contributed by atoms with Gasteiger partial charge in [-0.2, -0.15) is 0 Å². The van der Waals surface area contributed by atoms with E-state index >= 15 is 0 Å². The third kappa shape index (κ3) is 10.7. The van der Waals surface area contributed by atoms with Gasteiger partial charge < -0.3 is 18.9 Å². The fourth-order valence-corrected chi connectivity index (χ4v) is 4.60. The highest BCUT2D eigenvalue weighted by atomic mass is 16.6. The van der Waals surface area contributed by atoms with Crippen LogP contribution in [0.2, 0.25) is 0 Å². The van der Waals surface area contributed by atoms with Crippen LogP contribution in [0.5, 0.6) is 17.2 Å². The first-order valence-corrected chi connectivity index (χ1v) is 15.5. The zero-order valence-corrected chi connectivity index (χ0v) is 25.7. The van der Waals surface area contributed by atoms with E-state index in [1.165, 1.54) is 38.5 Å². The monoisotopic (exact) mass is 594 g/mol. The zero-order valence-electron chi connectivity index (χ0n) is 25.7. The lowest BCUT2D eigenvalue weighted by Gasteiger charge is -2.13. The molecule has 0 fully saturated rings. The highest BCUT2D eigenvalue weighted by Crippen LogP contribution is 2.24. The molecular weight excluding hydrogens is 552 g/mol. The normalized spacial score (nSPS) is 11.5. The van der Waals surface area contributed by atoms with Gasteiger partial charge in [0, 0.05) is 0 Å². The summed E-state index contributed by atoms with van der Waals surface area (Å²) >= 11 is 0. The highest BCUT2D eigenvalue weighted by molar-refractivity contribution is 5.91. The van der Waals surface area contributed by atoms with Crippen LogP contribution in [-0.2, 0) is 16.1 Å². The number of benzene rings is 4. The minimum atomic E-state index is -0.735. The highest BCUT2D eigenvalue weighted by Gasteiger charge is 2.17. The first-order valence-electron chi connectivity index (χ1n) is 15.5. The van der Waals surface area contributed by atoms with Gasteiger partial charge >= 0.3 is 11.9 Å². The number of hydrogen-bond donors (Lipinski definition) is 0. The summed E-state index contributed by atoms with van der Waals surface area (Å²) in [5, 5.41) is 0. The van der Waals surface area contributed by atoms with Crippen LogP contribution in [0, 0.1) is 0 Å². The second kappa shape index (κ2) is 17.6. The van der Waals surface area contributed by atoms with Crippen molar-refractivity contribution < 1.29 is 28.5 Å². The van der Waals surface area contributed by atoms with Crippen molar-refractivity contribution in [1.82, 2.24) is 0 Å². The van der Waals surface area contributed by atoms with Gasteiger partial charge in [0.2, 0.25) is 0 Å². The number of hydrogen-bond acceptors (Lipinski definition) is 6. The number of unbranched alkanes of at least 4 members (excludes halogenated alkanes) is 6. The van der Waals surface area contributed by atoms with Crippen molar-refractivity contribution in [3.05, 3.63) is 114 Å². The molecule has 4 rings (SSSR count). The van der Waals surface area contributed by atoms with Crippen molar-refractivity contribution in [3.8, 4) is 28.4 Å². The molecule has 0 saturated carbocycles. The standard InChI is InChI=1S/C38H42O6/c1-3-4-5-6-7-8-12-27-41-34-21-19-32(20-22-34)31-15-17-33(18-16-31)38(40)44-36-25-23-35(24-26-36)43-37(39)29(2)42-28-30-13-10-9-11-14-30/h9-11,13-26,29H,3-8,12,27-28H2,1-2H3/t29-/m0/s1. The fourth-order valence-electron chi connectivity index (χ4n) is 4.60. The largest absolute Gasteiger partial charge is 0.494 e. The van der Waals surface area contributed by atoms with Gasteiger partial charge in [-0.3, -0.25) is 0 Å². The summed E-state index contributed by atoms with van der Waals surface area (Å²) in [6, 6.07) is 31.2. The fraction of sp³-hybridized carbons (Fsp3) is 0.316. The number of ether oxygens (including phenoxy) is 4. The minimum absolute atomic E-state index is 0.313. The van der Waals surface area contributed by atoms with Crippen LogP contribution in [-0.4, -0.2) is 24.6 Å². The number of rotatable bonds is 17. The Morgan fingerprint density at radius 2 is 1.16 bits per heavy atom. The van der Waals surface area contributed by atoms with E-state index in [9.17, 15) is 9.59 Å². The molecule has 0 aromatic heterocycles. The second-order valence-corrected chi connectivity index (χ2v) is 10.8. The van der Waals surface area contributed by atoms with Crippen molar-refractivity contribution in [2.24, 2.45) is 0 Å². The summed E-state index contributed by atoms with van der Waals surface area (Å²) in [5.41, 5.74) is 3.44. The van der Waals surface area contributed by atoms with E-state index < -0.39 is 18.0 Å². The molecule has 0 amide bonds. The molecule has 1 atom stereocenters. The molecule has 0 aliphatic carbocycles. The van der Waals surface area contributed by atoms with Gasteiger partial charge in [0.1, 0.15) is 17.2 Å². The first-order chi connectivity index (χ1) is 21.5. The van der Waals surface area contributed by atoms with Crippen LogP contribution in [0.15, 0.2) is 103 Å². The summed E-state index contributed by atoms with van der Waals surface area (Å²) in [6.45, 7) is 4.94. The van der Waals surface area contributed by atoms with Gasteiger partial charge in [0.05, 0.1) is 18.8 Å². The molecule has 0 N–H and O–H groups in total. The maximum absolute atomic E-state index is 12.7. The average molecular weight is 595 g/mol.